The number of aliphatic hydroxyl groups is 1. The molecule has 2 atom stereocenters. The molecule has 1 heterocycles. The van der Waals surface area contributed by atoms with Crippen LogP contribution in [-0.2, 0) is 16.0 Å². The molecule has 1 aromatic carbocycles. The van der Waals surface area contributed by atoms with Crippen molar-refractivity contribution >= 4 is 17.5 Å². The fourth-order valence-electron chi connectivity index (χ4n) is 2.70. The number of nitrogens with zero attached hydrogens (tertiary/aromatic N) is 1. The number of carbonyl (C=O) groups excluding carboxylic acids is 1. The van der Waals surface area contributed by atoms with Gasteiger partial charge in [-0.25, -0.2) is 0 Å². The highest BCUT2D eigenvalue weighted by Crippen LogP contribution is 2.17. The van der Waals surface area contributed by atoms with Gasteiger partial charge < -0.3 is 14.7 Å². The molecular weight excluding hydrogens is 302 g/mol. The zero-order chi connectivity index (χ0) is 16.1. The van der Waals surface area contributed by atoms with E-state index < -0.39 is 6.10 Å². The summed E-state index contributed by atoms with van der Waals surface area (Å²) in [6.07, 6.45) is 1.35. The van der Waals surface area contributed by atoms with Crippen LogP contribution < -0.4 is 0 Å². The molecule has 1 amide bonds. The fourth-order valence-corrected chi connectivity index (χ4v) is 2.82. The van der Waals surface area contributed by atoms with Gasteiger partial charge in [0.25, 0.3) is 0 Å². The summed E-state index contributed by atoms with van der Waals surface area (Å²) in [4.78, 5) is 13.9. The molecular formula is C17H24ClNO3. The number of aliphatic hydroxyl groups excluding tert-OH is 1. The van der Waals surface area contributed by atoms with E-state index in [0.29, 0.717) is 19.5 Å². The predicted octanol–water partition coefficient (Wildman–Crippen LogP) is 2.66. The van der Waals surface area contributed by atoms with E-state index in [2.05, 4.69) is 0 Å². The normalized spacial score (nSPS) is 21.6. The van der Waals surface area contributed by atoms with Gasteiger partial charge in [0.15, 0.2) is 0 Å². The van der Waals surface area contributed by atoms with Gasteiger partial charge in [-0.1, -0.05) is 23.7 Å². The second-order valence-electron chi connectivity index (χ2n) is 6.07. The maximum absolute atomic E-state index is 12.2. The van der Waals surface area contributed by atoms with Crippen LogP contribution in [0.2, 0.25) is 5.02 Å². The zero-order valence-corrected chi connectivity index (χ0v) is 13.9. The molecule has 0 radical (unpaired) electrons. The Morgan fingerprint density at radius 2 is 2.05 bits per heavy atom. The summed E-state index contributed by atoms with van der Waals surface area (Å²) in [5.74, 6) is 0.0860. The molecule has 0 bridgehead atoms. The Balaban J connectivity index is 1.74. The van der Waals surface area contributed by atoms with Crippen LogP contribution in [0.25, 0.3) is 0 Å². The van der Waals surface area contributed by atoms with Crippen LogP contribution >= 0.6 is 11.6 Å². The van der Waals surface area contributed by atoms with Gasteiger partial charge in [0.2, 0.25) is 5.91 Å². The van der Waals surface area contributed by atoms with Crippen molar-refractivity contribution in [3.63, 3.8) is 0 Å². The summed E-state index contributed by atoms with van der Waals surface area (Å²) >= 11 is 5.85. The van der Waals surface area contributed by atoms with Gasteiger partial charge in [0.1, 0.15) is 6.10 Å². The minimum absolute atomic E-state index is 0.0552. The molecule has 1 aliphatic heterocycles. The third-order valence-electron chi connectivity index (χ3n) is 3.81. The molecule has 0 aliphatic carbocycles. The number of rotatable bonds is 6. The Morgan fingerprint density at radius 3 is 2.68 bits per heavy atom. The lowest BCUT2D eigenvalue weighted by atomic mass is 10.1. The number of aryl methyl sites for hydroxylation is 1. The van der Waals surface area contributed by atoms with Crippen molar-refractivity contribution in [3.8, 4) is 0 Å². The first kappa shape index (κ1) is 17.3. The number of carbonyl (C=O) groups is 1. The highest BCUT2D eigenvalue weighted by atomic mass is 35.5. The van der Waals surface area contributed by atoms with Gasteiger partial charge in [0, 0.05) is 24.5 Å². The van der Waals surface area contributed by atoms with Gasteiger partial charge in [-0.15, -0.1) is 0 Å². The van der Waals surface area contributed by atoms with E-state index >= 15 is 0 Å². The maximum atomic E-state index is 12.2. The Labute approximate surface area is 137 Å². The largest absolute Gasteiger partial charge is 0.388 e. The molecule has 122 valence electrons. The first-order valence-electron chi connectivity index (χ1n) is 7.81. The van der Waals surface area contributed by atoms with Crippen LogP contribution in [0.4, 0.5) is 0 Å². The van der Waals surface area contributed by atoms with Crippen molar-refractivity contribution in [2.45, 2.75) is 51.4 Å². The molecule has 22 heavy (non-hydrogen) atoms. The van der Waals surface area contributed by atoms with Crippen molar-refractivity contribution in [1.29, 1.82) is 0 Å². The van der Waals surface area contributed by atoms with Crippen LogP contribution in [0.5, 0.6) is 0 Å². The summed E-state index contributed by atoms with van der Waals surface area (Å²) < 4.78 is 5.63. The standard InChI is InChI=1S/C17H24ClNO3/c1-12(2)22-16-11-19(10-15(16)20)17(21)5-3-4-13-6-8-14(18)9-7-13/h6-9,12,15-16,20H,3-5,10-11H2,1-2H3/t15-,16-/m1/s1. The second kappa shape index (κ2) is 7.95. The number of amides is 1. The molecule has 1 aliphatic rings. The third kappa shape index (κ3) is 4.97. The molecule has 4 nitrogen and oxygen atoms in total. The molecule has 5 heteroatoms. The number of likely N-dealkylation sites (tertiary alicyclic amines) is 1. The number of hydrogen-bond acceptors (Lipinski definition) is 3. The highest BCUT2D eigenvalue weighted by Gasteiger charge is 2.34. The average molecular weight is 326 g/mol. The van der Waals surface area contributed by atoms with E-state index in [-0.39, 0.29) is 18.1 Å². The SMILES string of the molecule is CC(C)O[C@@H]1CN(C(=O)CCCc2ccc(Cl)cc2)C[C@H]1O. The topological polar surface area (TPSA) is 49.8 Å². The van der Waals surface area contributed by atoms with E-state index in [1.54, 1.807) is 4.90 Å². The molecule has 1 saturated heterocycles. The minimum atomic E-state index is -0.581. The van der Waals surface area contributed by atoms with E-state index in [9.17, 15) is 9.90 Å². The number of halogens is 1. The first-order chi connectivity index (χ1) is 10.5. The molecule has 2 rings (SSSR count). The maximum Gasteiger partial charge on any atom is 0.222 e. The molecule has 0 spiro atoms. The molecule has 0 saturated carbocycles. The van der Waals surface area contributed by atoms with Gasteiger partial charge in [-0.2, -0.15) is 0 Å². The van der Waals surface area contributed by atoms with E-state index in [1.807, 2.05) is 38.1 Å². The average Bonchev–Trinajstić information content (AvgIpc) is 2.81. The van der Waals surface area contributed by atoms with Crippen molar-refractivity contribution < 1.29 is 14.6 Å². The highest BCUT2D eigenvalue weighted by molar-refractivity contribution is 6.30. The smallest absolute Gasteiger partial charge is 0.222 e. The number of β-amino-alcohol motifs (C(OH)–C–C–N with tert-alkyl or cyclic N) is 1. The summed E-state index contributed by atoms with van der Waals surface area (Å²) in [6.45, 7) is 4.73. The van der Waals surface area contributed by atoms with Crippen LogP contribution in [0, 0.1) is 0 Å². The molecule has 0 unspecified atom stereocenters. The van der Waals surface area contributed by atoms with Crippen molar-refractivity contribution in [1.82, 2.24) is 4.90 Å². The van der Waals surface area contributed by atoms with Gasteiger partial charge in [-0.3, -0.25) is 4.79 Å². The summed E-state index contributed by atoms with van der Waals surface area (Å²) in [6, 6.07) is 7.70. The zero-order valence-electron chi connectivity index (χ0n) is 13.2. The van der Waals surface area contributed by atoms with E-state index in [1.165, 1.54) is 5.56 Å². The van der Waals surface area contributed by atoms with Gasteiger partial charge >= 0.3 is 0 Å². The molecule has 1 fully saturated rings. The fraction of sp³-hybridized carbons (Fsp3) is 0.588. The first-order valence-corrected chi connectivity index (χ1v) is 8.19. The Hall–Kier alpha value is -1.10. The van der Waals surface area contributed by atoms with E-state index in [0.717, 1.165) is 17.9 Å². The lowest BCUT2D eigenvalue weighted by Gasteiger charge is -2.18. The summed E-state index contributed by atoms with van der Waals surface area (Å²) in [5, 5.41) is 10.7. The van der Waals surface area contributed by atoms with Crippen molar-refractivity contribution in [2.75, 3.05) is 13.1 Å². The van der Waals surface area contributed by atoms with Gasteiger partial charge in [-0.05, 0) is 44.4 Å². The monoisotopic (exact) mass is 325 g/mol. The van der Waals surface area contributed by atoms with Crippen LogP contribution in [-0.4, -0.2) is 47.3 Å². The number of benzene rings is 1. The lowest BCUT2D eigenvalue weighted by Crippen LogP contribution is -2.31. The van der Waals surface area contributed by atoms with Crippen LogP contribution in [0.1, 0.15) is 32.3 Å². The predicted molar refractivity (Wildman–Crippen MR) is 87.0 cm³/mol. The van der Waals surface area contributed by atoms with Gasteiger partial charge in [0.05, 0.1) is 12.2 Å². The Kier molecular flexibility index (Phi) is 6.24. The van der Waals surface area contributed by atoms with Crippen molar-refractivity contribution in [2.24, 2.45) is 0 Å². The van der Waals surface area contributed by atoms with Crippen molar-refractivity contribution in [3.05, 3.63) is 34.9 Å². The summed E-state index contributed by atoms with van der Waals surface area (Å²) in [7, 11) is 0. The van der Waals surface area contributed by atoms with Crippen LogP contribution in [0.15, 0.2) is 24.3 Å². The Morgan fingerprint density at radius 1 is 1.36 bits per heavy atom. The Bertz CT molecular complexity index is 489. The number of hydrogen-bond donors (Lipinski definition) is 1. The number of ether oxygens (including phenoxy) is 1. The quantitative estimate of drug-likeness (QED) is 0.874. The molecule has 0 aromatic heterocycles. The molecule has 1 aromatic rings. The van der Waals surface area contributed by atoms with E-state index in [4.69, 9.17) is 16.3 Å². The third-order valence-corrected chi connectivity index (χ3v) is 4.06. The van der Waals surface area contributed by atoms with Crippen LogP contribution in [0.3, 0.4) is 0 Å². The molecule has 1 N–H and O–H groups in total. The lowest BCUT2D eigenvalue weighted by molar-refractivity contribution is -0.131. The minimum Gasteiger partial charge on any atom is -0.388 e. The summed E-state index contributed by atoms with van der Waals surface area (Å²) in [5.41, 5.74) is 1.18. The second-order valence-corrected chi connectivity index (χ2v) is 6.51.